The lowest BCUT2D eigenvalue weighted by Crippen LogP contribution is -2.09. The topological polar surface area (TPSA) is 67.3 Å². The summed E-state index contributed by atoms with van der Waals surface area (Å²) < 4.78 is 5.46. The first kappa shape index (κ1) is 14.3. The number of benzene rings is 1. The van der Waals surface area contributed by atoms with Crippen molar-refractivity contribution in [2.45, 2.75) is 26.5 Å². The molecule has 5 heteroatoms. The van der Waals surface area contributed by atoms with Gasteiger partial charge in [0, 0.05) is 23.6 Å². The summed E-state index contributed by atoms with van der Waals surface area (Å²) in [7, 11) is 0. The van der Waals surface area contributed by atoms with Gasteiger partial charge < -0.3 is 15.2 Å². The lowest BCUT2D eigenvalue weighted by molar-refractivity contribution is 0.267. The van der Waals surface area contributed by atoms with Crippen LogP contribution in [0.5, 0.6) is 5.75 Å². The van der Waals surface area contributed by atoms with Gasteiger partial charge in [-0.05, 0) is 32.0 Å². The molecule has 0 aliphatic rings. The molecule has 1 atom stereocenters. The molecule has 0 amide bonds. The number of anilines is 1. The minimum Gasteiger partial charge on any atom is -0.494 e. The Bertz CT molecular complexity index is 546. The van der Waals surface area contributed by atoms with Crippen molar-refractivity contribution in [3.8, 4) is 5.75 Å². The Labute approximate surface area is 118 Å². The summed E-state index contributed by atoms with van der Waals surface area (Å²) >= 11 is 0. The van der Waals surface area contributed by atoms with Gasteiger partial charge in [0.05, 0.1) is 31.1 Å². The Morgan fingerprint density at radius 2 is 2.20 bits per heavy atom. The second-order valence-electron chi connectivity index (χ2n) is 4.41. The summed E-state index contributed by atoms with van der Waals surface area (Å²) in [5, 5.41) is 12.7. The van der Waals surface area contributed by atoms with Crippen molar-refractivity contribution in [3.05, 3.63) is 48.0 Å². The van der Waals surface area contributed by atoms with Gasteiger partial charge in [-0.2, -0.15) is 0 Å². The van der Waals surface area contributed by atoms with Gasteiger partial charge in [0.15, 0.2) is 0 Å². The third kappa shape index (κ3) is 3.45. The Balaban J connectivity index is 2.13. The maximum atomic E-state index is 9.39. The molecule has 0 radical (unpaired) electrons. The van der Waals surface area contributed by atoms with Crippen molar-refractivity contribution in [1.82, 2.24) is 9.97 Å². The van der Waals surface area contributed by atoms with Crippen LogP contribution < -0.4 is 10.1 Å². The molecule has 2 N–H and O–H groups in total. The van der Waals surface area contributed by atoms with Crippen LogP contribution in [-0.2, 0) is 6.61 Å². The summed E-state index contributed by atoms with van der Waals surface area (Å²) in [6.07, 6.45) is 5.06. The number of aliphatic hydroxyl groups is 1. The molecule has 2 rings (SSSR count). The fraction of sp³-hybridized carbons (Fsp3) is 0.333. The fourth-order valence-electron chi connectivity index (χ4n) is 1.95. The molecule has 2 aromatic rings. The third-order valence-corrected chi connectivity index (χ3v) is 2.94. The Kier molecular flexibility index (Phi) is 4.90. The standard InChI is InChI=1S/C15H19N3O2/c1-3-20-15-5-4-13(8-12(15)10-19)18-11(2)14-9-16-6-7-17-14/h4-9,11,18-19H,3,10H2,1-2H3. The van der Waals surface area contributed by atoms with E-state index in [-0.39, 0.29) is 12.6 Å². The van der Waals surface area contributed by atoms with Gasteiger partial charge >= 0.3 is 0 Å². The molecule has 1 unspecified atom stereocenters. The van der Waals surface area contributed by atoms with Crippen LogP contribution in [0.1, 0.15) is 31.1 Å². The van der Waals surface area contributed by atoms with Crippen LogP contribution >= 0.6 is 0 Å². The van der Waals surface area contributed by atoms with Crippen LogP contribution in [0.3, 0.4) is 0 Å². The molecule has 0 saturated carbocycles. The molecule has 0 spiro atoms. The summed E-state index contributed by atoms with van der Waals surface area (Å²) in [6, 6.07) is 5.71. The van der Waals surface area contributed by atoms with E-state index in [0.717, 1.165) is 16.9 Å². The maximum Gasteiger partial charge on any atom is 0.124 e. The van der Waals surface area contributed by atoms with Gasteiger partial charge in [-0.1, -0.05) is 0 Å². The fourth-order valence-corrected chi connectivity index (χ4v) is 1.95. The van der Waals surface area contributed by atoms with Gasteiger partial charge in [0.1, 0.15) is 5.75 Å². The highest BCUT2D eigenvalue weighted by atomic mass is 16.5. The van der Waals surface area contributed by atoms with Gasteiger partial charge in [-0.3, -0.25) is 9.97 Å². The lowest BCUT2D eigenvalue weighted by Gasteiger charge is -2.16. The normalized spacial score (nSPS) is 11.9. The van der Waals surface area contributed by atoms with E-state index in [9.17, 15) is 5.11 Å². The van der Waals surface area contributed by atoms with Crippen molar-refractivity contribution >= 4 is 5.69 Å². The van der Waals surface area contributed by atoms with Crippen LogP contribution in [0, 0.1) is 0 Å². The van der Waals surface area contributed by atoms with Crippen LogP contribution in [0.15, 0.2) is 36.8 Å². The number of aromatic nitrogens is 2. The molecule has 106 valence electrons. The van der Waals surface area contributed by atoms with Gasteiger partial charge in [0.2, 0.25) is 0 Å². The number of aliphatic hydroxyl groups excluding tert-OH is 1. The van der Waals surface area contributed by atoms with E-state index in [1.807, 2.05) is 32.0 Å². The Morgan fingerprint density at radius 1 is 1.35 bits per heavy atom. The SMILES string of the molecule is CCOc1ccc(NC(C)c2cnccn2)cc1CO. The number of nitrogens with one attached hydrogen (secondary N) is 1. The molecule has 0 fully saturated rings. The molecular formula is C15H19N3O2. The Hall–Kier alpha value is -2.14. The molecular weight excluding hydrogens is 254 g/mol. The zero-order valence-corrected chi connectivity index (χ0v) is 11.7. The average Bonchev–Trinajstić information content (AvgIpc) is 2.50. The molecule has 1 aromatic carbocycles. The second-order valence-corrected chi connectivity index (χ2v) is 4.41. The molecule has 0 aliphatic carbocycles. The van der Waals surface area contributed by atoms with Gasteiger partial charge in [-0.15, -0.1) is 0 Å². The van der Waals surface area contributed by atoms with Crippen LogP contribution in [0.2, 0.25) is 0 Å². The van der Waals surface area contributed by atoms with E-state index in [2.05, 4.69) is 15.3 Å². The Morgan fingerprint density at radius 3 is 2.85 bits per heavy atom. The van der Waals surface area contributed by atoms with Gasteiger partial charge in [-0.25, -0.2) is 0 Å². The minimum absolute atomic E-state index is 0.0354. The molecule has 1 heterocycles. The molecule has 5 nitrogen and oxygen atoms in total. The minimum atomic E-state index is -0.0512. The number of hydrogen-bond acceptors (Lipinski definition) is 5. The lowest BCUT2D eigenvalue weighted by atomic mass is 10.1. The van der Waals surface area contributed by atoms with Crippen molar-refractivity contribution in [2.75, 3.05) is 11.9 Å². The summed E-state index contributed by atoms with van der Waals surface area (Å²) in [4.78, 5) is 8.32. The molecule has 1 aromatic heterocycles. The monoisotopic (exact) mass is 273 g/mol. The number of hydrogen-bond donors (Lipinski definition) is 2. The number of ether oxygens (including phenoxy) is 1. The van der Waals surface area contributed by atoms with Crippen LogP contribution in [-0.4, -0.2) is 21.7 Å². The van der Waals surface area contributed by atoms with E-state index in [4.69, 9.17) is 4.74 Å². The summed E-state index contributed by atoms with van der Waals surface area (Å²) in [5.41, 5.74) is 2.55. The molecule has 0 bridgehead atoms. The van der Waals surface area contributed by atoms with E-state index >= 15 is 0 Å². The predicted molar refractivity (Wildman–Crippen MR) is 77.6 cm³/mol. The first-order chi connectivity index (χ1) is 9.74. The maximum absolute atomic E-state index is 9.39. The predicted octanol–water partition coefficient (Wildman–Crippen LogP) is 2.54. The van der Waals surface area contributed by atoms with E-state index in [1.165, 1.54) is 0 Å². The first-order valence-corrected chi connectivity index (χ1v) is 6.63. The smallest absolute Gasteiger partial charge is 0.124 e. The number of rotatable bonds is 6. The second kappa shape index (κ2) is 6.86. The highest BCUT2D eigenvalue weighted by molar-refractivity contribution is 5.52. The van der Waals surface area contributed by atoms with Crippen molar-refractivity contribution in [1.29, 1.82) is 0 Å². The zero-order chi connectivity index (χ0) is 14.4. The van der Waals surface area contributed by atoms with Crippen molar-refractivity contribution < 1.29 is 9.84 Å². The van der Waals surface area contributed by atoms with Crippen molar-refractivity contribution in [2.24, 2.45) is 0 Å². The molecule has 0 aliphatic heterocycles. The molecule has 20 heavy (non-hydrogen) atoms. The highest BCUT2D eigenvalue weighted by Crippen LogP contribution is 2.25. The van der Waals surface area contributed by atoms with E-state index < -0.39 is 0 Å². The third-order valence-electron chi connectivity index (χ3n) is 2.94. The zero-order valence-electron chi connectivity index (χ0n) is 11.7. The summed E-state index contributed by atoms with van der Waals surface area (Å²) in [5.74, 6) is 0.715. The van der Waals surface area contributed by atoms with Crippen LogP contribution in [0.25, 0.3) is 0 Å². The highest BCUT2D eigenvalue weighted by Gasteiger charge is 2.09. The average molecular weight is 273 g/mol. The van der Waals surface area contributed by atoms with Crippen LogP contribution in [0.4, 0.5) is 5.69 Å². The summed E-state index contributed by atoms with van der Waals surface area (Å²) in [6.45, 7) is 4.46. The van der Waals surface area contributed by atoms with Crippen molar-refractivity contribution in [3.63, 3.8) is 0 Å². The quantitative estimate of drug-likeness (QED) is 0.846. The largest absolute Gasteiger partial charge is 0.494 e. The number of nitrogens with zero attached hydrogens (tertiary/aromatic N) is 2. The van der Waals surface area contributed by atoms with E-state index in [0.29, 0.717) is 12.4 Å². The van der Waals surface area contributed by atoms with E-state index in [1.54, 1.807) is 18.6 Å². The molecule has 0 saturated heterocycles. The first-order valence-electron chi connectivity index (χ1n) is 6.63. The van der Waals surface area contributed by atoms with Gasteiger partial charge in [0.25, 0.3) is 0 Å².